The highest BCUT2D eigenvalue weighted by Gasteiger charge is 2.72. The average Bonchev–Trinajstić information content (AvgIpc) is 2.54. The van der Waals surface area contributed by atoms with Crippen LogP contribution in [0.1, 0.15) is 12.8 Å². The molecule has 0 aromatic carbocycles. The summed E-state index contributed by atoms with van der Waals surface area (Å²) < 4.78 is 0. The van der Waals surface area contributed by atoms with Gasteiger partial charge in [-0.3, -0.25) is 4.79 Å². The van der Waals surface area contributed by atoms with Crippen molar-refractivity contribution in [2.45, 2.75) is 18.9 Å². The highest BCUT2D eigenvalue weighted by atomic mass is 35.5. The lowest BCUT2D eigenvalue weighted by atomic mass is 10.3. The zero-order valence-electron chi connectivity index (χ0n) is 5.41. The Morgan fingerprint density at radius 1 is 1.60 bits per heavy atom. The summed E-state index contributed by atoms with van der Waals surface area (Å²) in [6.07, 6.45) is 1.76. The molecule has 2 saturated carbocycles. The standard InChI is InChI=1S/C6H9NO2.ClH/c7-4-2-6(4)1-3(6)5(8)9;/h3-4H,1-2,7H2,(H,8,9);1H. The van der Waals surface area contributed by atoms with Gasteiger partial charge in [0.25, 0.3) is 0 Å². The number of carboxylic acid groups (broad SMARTS) is 1. The van der Waals surface area contributed by atoms with Gasteiger partial charge < -0.3 is 10.8 Å². The molecular formula is C6H10ClNO2. The van der Waals surface area contributed by atoms with Gasteiger partial charge in [-0.15, -0.1) is 12.4 Å². The first-order valence-electron chi connectivity index (χ1n) is 3.15. The van der Waals surface area contributed by atoms with Gasteiger partial charge in [0.15, 0.2) is 0 Å². The second kappa shape index (κ2) is 1.86. The molecule has 0 saturated heterocycles. The fourth-order valence-corrected chi connectivity index (χ4v) is 1.64. The second-order valence-electron chi connectivity index (χ2n) is 3.14. The van der Waals surface area contributed by atoms with Crippen LogP contribution in [0.25, 0.3) is 0 Å². The van der Waals surface area contributed by atoms with Gasteiger partial charge in [-0.1, -0.05) is 0 Å². The fraction of sp³-hybridized carbons (Fsp3) is 0.833. The molecule has 2 aliphatic rings. The Morgan fingerprint density at radius 3 is 2.20 bits per heavy atom. The molecule has 0 heterocycles. The van der Waals surface area contributed by atoms with E-state index in [4.69, 9.17) is 10.8 Å². The summed E-state index contributed by atoms with van der Waals surface area (Å²) >= 11 is 0. The first-order valence-corrected chi connectivity index (χ1v) is 3.15. The normalized spacial score (nSPS) is 48.1. The molecule has 3 unspecified atom stereocenters. The highest BCUT2D eigenvalue weighted by Crippen LogP contribution is 2.69. The van der Waals surface area contributed by atoms with Crippen molar-refractivity contribution in [2.24, 2.45) is 17.1 Å². The third-order valence-electron chi connectivity index (χ3n) is 2.59. The van der Waals surface area contributed by atoms with Crippen molar-refractivity contribution in [1.82, 2.24) is 0 Å². The maximum Gasteiger partial charge on any atom is 0.307 e. The van der Waals surface area contributed by atoms with Crippen molar-refractivity contribution < 1.29 is 9.90 Å². The smallest absolute Gasteiger partial charge is 0.307 e. The van der Waals surface area contributed by atoms with E-state index in [0.717, 1.165) is 12.8 Å². The summed E-state index contributed by atoms with van der Waals surface area (Å²) in [7, 11) is 0. The van der Waals surface area contributed by atoms with Crippen LogP contribution in [0.15, 0.2) is 0 Å². The maximum atomic E-state index is 10.3. The molecule has 0 aromatic heterocycles. The van der Waals surface area contributed by atoms with Crippen LogP contribution in [-0.4, -0.2) is 17.1 Å². The molecule has 2 rings (SSSR count). The van der Waals surface area contributed by atoms with Gasteiger partial charge in [0, 0.05) is 11.5 Å². The van der Waals surface area contributed by atoms with Crippen molar-refractivity contribution in [1.29, 1.82) is 0 Å². The lowest BCUT2D eigenvalue weighted by Gasteiger charge is -1.85. The van der Waals surface area contributed by atoms with Gasteiger partial charge in [-0.25, -0.2) is 0 Å². The van der Waals surface area contributed by atoms with Crippen molar-refractivity contribution in [2.75, 3.05) is 0 Å². The second-order valence-corrected chi connectivity index (χ2v) is 3.14. The van der Waals surface area contributed by atoms with E-state index in [0.29, 0.717) is 0 Å². The third kappa shape index (κ3) is 0.739. The Kier molecular flexibility index (Phi) is 1.45. The number of halogens is 1. The van der Waals surface area contributed by atoms with Gasteiger partial charge in [0.1, 0.15) is 0 Å². The minimum absolute atomic E-state index is 0. The Balaban J connectivity index is 0.000000500. The third-order valence-corrected chi connectivity index (χ3v) is 2.59. The van der Waals surface area contributed by atoms with Gasteiger partial charge in [-0.05, 0) is 12.8 Å². The summed E-state index contributed by atoms with van der Waals surface area (Å²) in [5.41, 5.74) is 5.60. The number of hydrogen-bond acceptors (Lipinski definition) is 2. The molecule has 10 heavy (non-hydrogen) atoms. The van der Waals surface area contributed by atoms with E-state index in [1.807, 2.05) is 0 Å². The number of aliphatic carboxylic acids is 1. The topological polar surface area (TPSA) is 63.3 Å². The van der Waals surface area contributed by atoms with Crippen LogP contribution in [-0.2, 0) is 4.79 Å². The molecule has 58 valence electrons. The van der Waals surface area contributed by atoms with Crippen LogP contribution < -0.4 is 5.73 Å². The molecule has 4 heteroatoms. The molecule has 0 radical (unpaired) electrons. The van der Waals surface area contributed by atoms with Gasteiger partial charge >= 0.3 is 5.97 Å². The number of hydrogen-bond donors (Lipinski definition) is 2. The average molecular weight is 164 g/mol. The van der Waals surface area contributed by atoms with E-state index in [1.165, 1.54) is 0 Å². The predicted molar refractivity (Wildman–Crippen MR) is 38.0 cm³/mol. The molecule has 0 bridgehead atoms. The lowest BCUT2D eigenvalue weighted by molar-refractivity contribution is -0.139. The SMILES string of the molecule is Cl.NC1CC12CC2C(=O)O. The maximum absolute atomic E-state index is 10.3. The van der Waals surface area contributed by atoms with Gasteiger partial charge in [0.2, 0.25) is 0 Å². The Labute approximate surface area is 65.0 Å². The summed E-state index contributed by atoms with van der Waals surface area (Å²) in [5, 5.41) is 8.49. The van der Waals surface area contributed by atoms with Crippen molar-refractivity contribution in [3.8, 4) is 0 Å². The quantitative estimate of drug-likeness (QED) is 0.582. The molecule has 3 N–H and O–H groups in total. The molecule has 0 aromatic rings. The largest absolute Gasteiger partial charge is 0.481 e. The minimum atomic E-state index is -0.664. The number of carbonyl (C=O) groups is 1. The molecule has 2 fully saturated rings. The van der Waals surface area contributed by atoms with Crippen LogP contribution in [0.2, 0.25) is 0 Å². The number of carboxylic acids is 1. The Bertz CT molecular complexity index is 185. The van der Waals surface area contributed by atoms with E-state index < -0.39 is 5.97 Å². The van der Waals surface area contributed by atoms with E-state index in [-0.39, 0.29) is 29.8 Å². The summed E-state index contributed by atoms with van der Waals surface area (Å²) in [6.45, 7) is 0. The van der Waals surface area contributed by atoms with Crippen LogP contribution in [0.3, 0.4) is 0 Å². The summed E-state index contributed by atoms with van der Waals surface area (Å²) in [4.78, 5) is 10.3. The number of nitrogens with two attached hydrogens (primary N) is 1. The lowest BCUT2D eigenvalue weighted by Crippen LogP contribution is -2.07. The predicted octanol–water partition coefficient (Wildman–Crippen LogP) is 0.230. The van der Waals surface area contributed by atoms with Gasteiger partial charge in [-0.2, -0.15) is 0 Å². The first-order chi connectivity index (χ1) is 4.17. The Hall–Kier alpha value is -0.280. The highest BCUT2D eigenvalue weighted by molar-refractivity contribution is 5.85. The minimum Gasteiger partial charge on any atom is -0.481 e. The molecular weight excluding hydrogens is 154 g/mol. The first kappa shape index (κ1) is 7.82. The molecule has 3 atom stereocenters. The van der Waals surface area contributed by atoms with E-state index in [2.05, 4.69) is 0 Å². The zero-order valence-corrected chi connectivity index (χ0v) is 6.23. The molecule has 2 aliphatic carbocycles. The van der Waals surface area contributed by atoms with Crippen LogP contribution in [0, 0.1) is 11.3 Å². The molecule has 1 spiro atoms. The fourth-order valence-electron chi connectivity index (χ4n) is 1.64. The molecule has 0 aliphatic heterocycles. The van der Waals surface area contributed by atoms with Crippen LogP contribution in [0.5, 0.6) is 0 Å². The van der Waals surface area contributed by atoms with Gasteiger partial charge in [0.05, 0.1) is 5.92 Å². The zero-order chi connectivity index (χ0) is 6.65. The van der Waals surface area contributed by atoms with E-state index in [1.54, 1.807) is 0 Å². The van der Waals surface area contributed by atoms with E-state index in [9.17, 15) is 4.79 Å². The molecule has 0 amide bonds. The summed E-state index contributed by atoms with van der Waals surface area (Å²) in [6, 6.07) is 0.193. The van der Waals surface area contributed by atoms with Crippen molar-refractivity contribution in [3.63, 3.8) is 0 Å². The van der Waals surface area contributed by atoms with E-state index >= 15 is 0 Å². The van der Waals surface area contributed by atoms with Crippen LogP contribution in [0.4, 0.5) is 0 Å². The summed E-state index contributed by atoms with van der Waals surface area (Å²) in [5.74, 6) is -0.768. The molecule has 3 nitrogen and oxygen atoms in total. The Morgan fingerprint density at radius 2 is 2.10 bits per heavy atom. The van der Waals surface area contributed by atoms with Crippen molar-refractivity contribution >= 4 is 18.4 Å². The van der Waals surface area contributed by atoms with Crippen LogP contribution >= 0.6 is 12.4 Å². The number of rotatable bonds is 1. The monoisotopic (exact) mass is 163 g/mol. The van der Waals surface area contributed by atoms with Crippen molar-refractivity contribution in [3.05, 3.63) is 0 Å².